The number of hydrogen-bond donors (Lipinski definition) is 2. The van der Waals surface area contributed by atoms with Gasteiger partial charge in [-0.2, -0.15) is 4.98 Å². The molecule has 190 valence electrons. The summed E-state index contributed by atoms with van der Waals surface area (Å²) in [6.45, 7) is 1.16. The quantitative estimate of drug-likeness (QED) is 0.347. The summed E-state index contributed by atoms with van der Waals surface area (Å²) in [7, 11) is 0.191. The molecule has 0 radical (unpaired) electrons. The highest BCUT2D eigenvalue weighted by Crippen LogP contribution is 2.31. The van der Waals surface area contributed by atoms with Crippen LogP contribution in [0.1, 0.15) is 25.7 Å². The third kappa shape index (κ3) is 5.09. The van der Waals surface area contributed by atoms with Crippen molar-refractivity contribution < 1.29 is 13.0 Å². The summed E-state index contributed by atoms with van der Waals surface area (Å²) in [6.07, 6.45) is 3.90. The van der Waals surface area contributed by atoms with Crippen LogP contribution >= 0.6 is 11.6 Å². The average Bonchev–Trinajstić information content (AvgIpc) is 3.37. The van der Waals surface area contributed by atoms with Crippen molar-refractivity contribution in [3.8, 4) is 0 Å². The maximum absolute atomic E-state index is 12.9. The molecule has 1 saturated carbocycles. The number of benzene rings is 2. The monoisotopic (exact) mass is 529 g/mol. The van der Waals surface area contributed by atoms with E-state index in [-0.39, 0.29) is 21.8 Å². The zero-order valence-electron chi connectivity index (χ0n) is 20.1. The summed E-state index contributed by atoms with van der Waals surface area (Å²) >= 11 is 6.05. The lowest BCUT2D eigenvalue weighted by Crippen LogP contribution is -2.32. The van der Waals surface area contributed by atoms with E-state index in [1.807, 2.05) is 43.3 Å². The SMILES string of the molecule is CN(C)c1nc(NCC2CCC(CNS(=O)(=O)c3ccc(Cl)c4nonc34)CC2)nc2ccccc12. The lowest BCUT2D eigenvalue weighted by atomic mass is 9.82. The van der Waals surface area contributed by atoms with E-state index in [0.717, 1.165) is 48.9 Å². The van der Waals surface area contributed by atoms with Crippen molar-refractivity contribution in [1.29, 1.82) is 0 Å². The molecule has 36 heavy (non-hydrogen) atoms. The minimum absolute atomic E-state index is 0.0218. The van der Waals surface area contributed by atoms with E-state index in [2.05, 4.69) is 30.0 Å². The highest BCUT2D eigenvalue weighted by Gasteiger charge is 2.26. The van der Waals surface area contributed by atoms with Gasteiger partial charge in [0.05, 0.1) is 10.5 Å². The third-order valence-electron chi connectivity index (χ3n) is 6.70. The van der Waals surface area contributed by atoms with Crippen LogP contribution in [0.15, 0.2) is 45.9 Å². The fourth-order valence-electron chi connectivity index (χ4n) is 4.69. The Hall–Kier alpha value is -3.02. The molecule has 1 aliphatic carbocycles. The van der Waals surface area contributed by atoms with E-state index in [9.17, 15) is 8.42 Å². The molecule has 10 nitrogen and oxygen atoms in total. The van der Waals surface area contributed by atoms with Gasteiger partial charge in [0.25, 0.3) is 0 Å². The zero-order valence-corrected chi connectivity index (χ0v) is 21.7. The summed E-state index contributed by atoms with van der Waals surface area (Å²) in [5.74, 6) is 2.27. The molecule has 4 aromatic rings. The van der Waals surface area contributed by atoms with Crippen LogP contribution in [0.2, 0.25) is 5.02 Å². The number of para-hydroxylation sites is 1. The average molecular weight is 530 g/mol. The Morgan fingerprint density at radius 1 is 0.972 bits per heavy atom. The minimum Gasteiger partial charge on any atom is -0.362 e. The van der Waals surface area contributed by atoms with Gasteiger partial charge in [-0.05, 0) is 72.1 Å². The van der Waals surface area contributed by atoms with Crippen LogP contribution in [0, 0.1) is 11.8 Å². The predicted octanol–water partition coefficient (Wildman–Crippen LogP) is 4.08. The Bertz CT molecular complexity index is 1480. The van der Waals surface area contributed by atoms with E-state index in [1.54, 1.807) is 0 Å². The number of hydrogen-bond acceptors (Lipinski definition) is 9. The van der Waals surface area contributed by atoms with Crippen LogP contribution in [0.4, 0.5) is 11.8 Å². The zero-order chi connectivity index (χ0) is 25.3. The largest absolute Gasteiger partial charge is 0.362 e. The van der Waals surface area contributed by atoms with Crippen molar-refractivity contribution >= 4 is 55.3 Å². The molecule has 0 unspecified atom stereocenters. The van der Waals surface area contributed by atoms with Crippen LogP contribution in [-0.2, 0) is 10.0 Å². The minimum atomic E-state index is -3.77. The summed E-state index contributed by atoms with van der Waals surface area (Å²) in [6, 6.07) is 10.9. The molecule has 2 aromatic carbocycles. The Kier molecular flexibility index (Phi) is 6.96. The van der Waals surface area contributed by atoms with Crippen LogP contribution in [0.5, 0.6) is 0 Å². The van der Waals surface area contributed by atoms with Gasteiger partial charge in [-0.3, -0.25) is 0 Å². The fraction of sp³-hybridized carbons (Fsp3) is 0.417. The number of aromatic nitrogens is 4. The summed E-state index contributed by atoms with van der Waals surface area (Å²) in [5.41, 5.74) is 1.29. The van der Waals surface area contributed by atoms with Gasteiger partial charge < -0.3 is 10.2 Å². The van der Waals surface area contributed by atoms with Crippen LogP contribution in [0.25, 0.3) is 21.9 Å². The van der Waals surface area contributed by atoms with Crippen molar-refractivity contribution in [1.82, 2.24) is 25.0 Å². The van der Waals surface area contributed by atoms with Gasteiger partial charge in [0.15, 0.2) is 11.0 Å². The highest BCUT2D eigenvalue weighted by molar-refractivity contribution is 7.89. The van der Waals surface area contributed by atoms with E-state index < -0.39 is 10.0 Å². The molecule has 12 heteroatoms. The molecule has 0 amide bonds. The number of fused-ring (bicyclic) bond motifs is 2. The molecule has 1 aliphatic rings. The first-order valence-electron chi connectivity index (χ1n) is 11.9. The van der Waals surface area contributed by atoms with E-state index in [1.165, 1.54) is 12.1 Å². The lowest BCUT2D eigenvalue weighted by Gasteiger charge is -2.28. The Labute approximate surface area is 214 Å². The second-order valence-corrected chi connectivity index (χ2v) is 11.6. The smallest absolute Gasteiger partial charge is 0.242 e. The highest BCUT2D eigenvalue weighted by atomic mass is 35.5. The van der Waals surface area contributed by atoms with Crippen molar-refractivity contribution in [3.05, 3.63) is 41.4 Å². The fourth-order valence-corrected chi connectivity index (χ4v) is 6.12. The Morgan fingerprint density at radius 3 is 2.42 bits per heavy atom. The van der Waals surface area contributed by atoms with Gasteiger partial charge in [0.2, 0.25) is 16.0 Å². The van der Waals surface area contributed by atoms with E-state index >= 15 is 0 Å². The Morgan fingerprint density at radius 2 is 1.67 bits per heavy atom. The van der Waals surface area contributed by atoms with Gasteiger partial charge in [0, 0.05) is 32.6 Å². The van der Waals surface area contributed by atoms with Crippen LogP contribution in [-0.4, -0.2) is 55.9 Å². The van der Waals surface area contributed by atoms with Crippen LogP contribution in [0.3, 0.4) is 0 Å². The summed E-state index contributed by atoms with van der Waals surface area (Å²) < 4.78 is 33.2. The van der Waals surface area contributed by atoms with Crippen molar-refractivity contribution in [2.75, 3.05) is 37.4 Å². The number of nitrogens with one attached hydrogen (secondary N) is 2. The second kappa shape index (κ2) is 10.2. The van der Waals surface area contributed by atoms with E-state index in [0.29, 0.717) is 23.4 Å². The number of sulfonamides is 1. The maximum atomic E-state index is 12.9. The van der Waals surface area contributed by atoms with Gasteiger partial charge in [-0.25, -0.2) is 22.8 Å². The molecule has 0 bridgehead atoms. The van der Waals surface area contributed by atoms with Gasteiger partial charge >= 0.3 is 0 Å². The first-order chi connectivity index (χ1) is 17.3. The van der Waals surface area contributed by atoms with Crippen molar-refractivity contribution in [3.63, 3.8) is 0 Å². The van der Waals surface area contributed by atoms with Crippen molar-refractivity contribution in [2.45, 2.75) is 30.6 Å². The summed E-state index contributed by atoms with van der Waals surface area (Å²) in [4.78, 5) is 11.4. The number of anilines is 2. The molecular weight excluding hydrogens is 502 g/mol. The molecule has 2 N–H and O–H groups in total. The molecule has 0 spiro atoms. The first kappa shape index (κ1) is 24.7. The lowest BCUT2D eigenvalue weighted by molar-refractivity contribution is 0.284. The van der Waals surface area contributed by atoms with E-state index in [4.69, 9.17) is 16.6 Å². The predicted molar refractivity (Wildman–Crippen MR) is 140 cm³/mol. The molecule has 0 aliphatic heterocycles. The van der Waals surface area contributed by atoms with Gasteiger partial charge in [0.1, 0.15) is 10.7 Å². The normalized spacial score (nSPS) is 18.5. The maximum Gasteiger partial charge on any atom is 0.242 e. The second-order valence-electron chi connectivity index (χ2n) is 9.41. The van der Waals surface area contributed by atoms with Gasteiger partial charge in [-0.1, -0.05) is 23.7 Å². The van der Waals surface area contributed by atoms with Crippen LogP contribution < -0.4 is 14.9 Å². The van der Waals surface area contributed by atoms with Crippen molar-refractivity contribution in [2.24, 2.45) is 11.8 Å². The molecule has 0 saturated heterocycles. The molecule has 0 atom stereocenters. The standard InChI is InChI=1S/C24H28ClN7O3S/c1-32(2)23-17-5-3-4-6-19(17)28-24(29-23)26-13-15-7-9-16(10-8-15)14-27-36(33,34)20-12-11-18(25)21-22(20)31-35-30-21/h3-6,11-12,15-16,27H,7-10,13-14H2,1-2H3,(H,26,28,29). The first-order valence-corrected chi connectivity index (χ1v) is 13.8. The van der Waals surface area contributed by atoms with Gasteiger partial charge in [-0.15, -0.1) is 0 Å². The third-order valence-corrected chi connectivity index (χ3v) is 8.46. The topological polar surface area (TPSA) is 126 Å². The summed E-state index contributed by atoms with van der Waals surface area (Å²) in [5, 5.41) is 12.1. The number of nitrogens with zero attached hydrogens (tertiary/aromatic N) is 5. The molecular formula is C24H28ClN7O3S. The molecule has 2 aromatic heterocycles. The number of rotatable bonds is 8. The number of halogens is 1. The molecule has 5 rings (SSSR count). The Balaban J connectivity index is 1.15. The molecule has 1 fully saturated rings. The molecule has 2 heterocycles.